The van der Waals surface area contributed by atoms with Gasteiger partial charge in [-0.25, -0.2) is 4.99 Å². The fraction of sp³-hybridized carbons (Fsp3) is 0.118. The van der Waals surface area contributed by atoms with E-state index in [2.05, 4.69) is 26.1 Å². The van der Waals surface area contributed by atoms with E-state index < -0.39 is 0 Å². The summed E-state index contributed by atoms with van der Waals surface area (Å²) in [4.78, 5) is 4.79. The van der Waals surface area contributed by atoms with E-state index in [1.165, 1.54) is 11.8 Å². The molecule has 0 amide bonds. The molecule has 0 radical (unpaired) electrons. The average Bonchev–Trinajstić information content (AvgIpc) is 3.00. The third-order valence-corrected chi connectivity index (χ3v) is 5.47. The maximum atomic E-state index is 5.20. The number of aromatic nitrogens is 2. The Hall–Kier alpha value is -1.70. The van der Waals surface area contributed by atoms with Crippen LogP contribution in [0, 0.1) is 6.92 Å². The van der Waals surface area contributed by atoms with Gasteiger partial charge in [-0.15, -0.1) is 10.2 Å². The highest BCUT2D eigenvalue weighted by Gasteiger charge is 2.11. The third kappa shape index (κ3) is 4.43. The number of benzene rings is 2. The van der Waals surface area contributed by atoms with E-state index in [4.69, 9.17) is 9.73 Å². The smallest absolute Gasteiger partial charge is 0.180 e. The van der Waals surface area contributed by atoms with Gasteiger partial charge in [-0.3, -0.25) is 0 Å². The molecule has 0 aliphatic carbocycles. The van der Waals surface area contributed by atoms with Crippen molar-refractivity contribution in [2.75, 3.05) is 7.11 Å². The number of hydrogen-bond donors (Lipinski definition) is 0. The molecule has 4 nitrogen and oxygen atoms in total. The molecule has 3 rings (SSSR count). The first-order valence-electron chi connectivity index (χ1n) is 7.11. The molecule has 0 saturated carbocycles. The minimum absolute atomic E-state index is 0.811. The zero-order valence-corrected chi connectivity index (χ0v) is 16.3. The lowest BCUT2D eigenvalue weighted by Crippen LogP contribution is -1.95. The van der Waals surface area contributed by atoms with E-state index in [0.29, 0.717) is 0 Å². The van der Waals surface area contributed by atoms with Crippen molar-refractivity contribution in [3.05, 3.63) is 63.6 Å². The van der Waals surface area contributed by atoms with Crippen molar-refractivity contribution in [1.82, 2.24) is 10.2 Å². The zero-order valence-electron chi connectivity index (χ0n) is 13.1. The number of methoxy groups -OCH3 is 1. The molecule has 0 N–H and O–H groups in total. The molecule has 0 atom stereocenters. The summed E-state index contributed by atoms with van der Waals surface area (Å²) in [5.41, 5.74) is 1.89. The number of nitrogens with zero attached hydrogens (tertiary/aromatic N) is 3. The van der Waals surface area contributed by atoms with Gasteiger partial charge in [0.1, 0.15) is 15.8 Å². The predicted molar refractivity (Wildman–Crippen MR) is 104 cm³/mol. The van der Waals surface area contributed by atoms with Crippen molar-refractivity contribution < 1.29 is 4.74 Å². The van der Waals surface area contributed by atoms with E-state index >= 15 is 0 Å². The summed E-state index contributed by atoms with van der Waals surface area (Å²) in [5, 5.41) is 10.1. The highest BCUT2D eigenvalue weighted by molar-refractivity contribution is 9.10. The number of aryl methyl sites for hydroxylation is 1. The van der Waals surface area contributed by atoms with Crippen LogP contribution in [-0.4, -0.2) is 22.4 Å². The first kappa shape index (κ1) is 17.1. The zero-order chi connectivity index (χ0) is 16.9. The van der Waals surface area contributed by atoms with E-state index in [1.54, 1.807) is 18.4 Å². The Balaban J connectivity index is 1.98. The maximum Gasteiger partial charge on any atom is 0.180 e. The van der Waals surface area contributed by atoms with Gasteiger partial charge in [0.15, 0.2) is 4.34 Å². The monoisotopic (exact) mass is 419 g/mol. The van der Waals surface area contributed by atoms with Gasteiger partial charge in [0.05, 0.1) is 12.8 Å². The Bertz CT molecular complexity index is 862. The lowest BCUT2D eigenvalue weighted by molar-refractivity contribution is 0.415. The molecule has 0 fully saturated rings. The van der Waals surface area contributed by atoms with Crippen molar-refractivity contribution in [3.8, 4) is 5.75 Å². The molecule has 122 valence electrons. The molecule has 0 aliphatic rings. The topological polar surface area (TPSA) is 47.4 Å². The molecule has 1 aromatic heterocycles. The molecule has 0 saturated heterocycles. The molecular formula is C17H14BrN3OS2. The summed E-state index contributed by atoms with van der Waals surface area (Å²) in [6, 6.07) is 15.7. The first-order chi connectivity index (χ1) is 11.6. The second-order valence-corrected chi connectivity index (χ2v) is 8.15. The van der Waals surface area contributed by atoms with Gasteiger partial charge >= 0.3 is 0 Å². The SMILES string of the molecule is COc1ccc(N=C(Sc2nnc(C)s2)c2cccc(Br)c2)cc1. The van der Waals surface area contributed by atoms with Crippen molar-refractivity contribution >= 4 is 49.8 Å². The average molecular weight is 420 g/mol. The minimum atomic E-state index is 0.811. The molecule has 2 aromatic carbocycles. The Labute approximate surface area is 157 Å². The van der Waals surface area contributed by atoms with Gasteiger partial charge in [0.2, 0.25) is 0 Å². The summed E-state index contributed by atoms with van der Waals surface area (Å²) in [6.45, 7) is 1.95. The second-order valence-electron chi connectivity index (χ2n) is 4.81. The summed E-state index contributed by atoms with van der Waals surface area (Å²) in [6.07, 6.45) is 0. The van der Waals surface area contributed by atoms with Crippen LogP contribution in [0.4, 0.5) is 5.69 Å². The summed E-state index contributed by atoms with van der Waals surface area (Å²) >= 11 is 6.60. The normalized spacial score (nSPS) is 11.5. The summed E-state index contributed by atoms with van der Waals surface area (Å²) in [7, 11) is 1.65. The Morgan fingerprint density at radius 2 is 1.96 bits per heavy atom. The van der Waals surface area contributed by atoms with Gasteiger partial charge in [-0.1, -0.05) is 39.4 Å². The third-order valence-electron chi connectivity index (χ3n) is 3.07. The number of thioether (sulfide) groups is 1. The number of aliphatic imine (C=N–C) groups is 1. The fourth-order valence-corrected chi connectivity index (χ4v) is 4.17. The molecule has 24 heavy (non-hydrogen) atoms. The van der Waals surface area contributed by atoms with E-state index in [0.717, 1.165) is 35.9 Å². The molecule has 0 aliphatic heterocycles. The number of hydrogen-bond acceptors (Lipinski definition) is 6. The van der Waals surface area contributed by atoms with E-state index in [-0.39, 0.29) is 0 Å². The van der Waals surface area contributed by atoms with Crippen LogP contribution in [0.2, 0.25) is 0 Å². The lowest BCUT2D eigenvalue weighted by atomic mass is 10.2. The van der Waals surface area contributed by atoms with Crippen LogP contribution in [0.3, 0.4) is 0 Å². The number of rotatable bonds is 4. The van der Waals surface area contributed by atoms with Gasteiger partial charge in [-0.05, 0) is 55.1 Å². The summed E-state index contributed by atoms with van der Waals surface area (Å²) in [5.74, 6) is 0.811. The van der Waals surface area contributed by atoms with Gasteiger partial charge < -0.3 is 4.74 Å². The van der Waals surface area contributed by atoms with Crippen LogP contribution >= 0.6 is 39.0 Å². The quantitative estimate of drug-likeness (QED) is 0.318. The second kappa shape index (κ2) is 7.92. The lowest BCUT2D eigenvalue weighted by Gasteiger charge is -2.06. The molecular weight excluding hydrogens is 406 g/mol. The van der Waals surface area contributed by atoms with Crippen LogP contribution in [0.1, 0.15) is 10.6 Å². The van der Waals surface area contributed by atoms with Crippen molar-refractivity contribution in [2.24, 2.45) is 4.99 Å². The molecule has 1 heterocycles. The Kier molecular flexibility index (Phi) is 5.65. The van der Waals surface area contributed by atoms with E-state index in [9.17, 15) is 0 Å². The van der Waals surface area contributed by atoms with Crippen molar-refractivity contribution in [2.45, 2.75) is 11.3 Å². The van der Waals surface area contributed by atoms with Gasteiger partial charge in [0, 0.05) is 10.0 Å². The van der Waals surface area contributed by atoms with Crippen molar-refractivity contribution in [1.29, 1.82) is 0 Å². The van der Waals surface area contributed by atoms with Crippen LogP contribution in [0.5, 0.6) is 5.75 Å². The maximum absolute atomic E-state index is 5.20. The van der Waals surface area contributed by atoms with E-state index in [1.807, 2.05) is 55.5 Å². The molecule has 0 spiro atoms. The first-order valence-corrected chi connectivity index (χ1v) is 9.53. The van der Waals surface area contributed by atoms with Crippen LogP contribution in [-0.2, 0) is 0 Å². The molecule has 0 unspecified atom stereocenters. The number of halogens is 1. The minimum Gasteiger partial charge on any atom is -0.497 e. The van der Waals surface area contributed by atoms with Crippen LogP contribution < -0.4 is 4.74 Å². The van der Waals surface area contributed by atoms with Gasteiger partial charge in [0.25, 0.3) is 0 Å². The molecule has 0 bridgehead atoms. The largest absolute Gasteiger partial charge is 0.497 e. The highest BCUT2D eigenvalue weighted by Crippen LogP contribution is 2.30. The van der Waals surface area contributed by atoms with Gasteiger partial charge in [-0.2, -0.15) is 0 Å². The number of ether oxygens (including phenoxy) is 1. The highest BCUT2D eigenvalue weighted by atomic mass is 79.9. The molecule has 3 aromatic rings. The fourth-order valence-electron chi connectivity index (χ4n) is 1.94. The molecule has 7 heteroatoms. The van der Waals surface area contributed by atoms with Crippen molar-refractivity contribution in [3.63, 3.8) is 0 Å². The standard InChI is InChI=1S/C17H14BrN3OS2/c1-11-20-21-17(23-11)24-16(12-4-3-5-13(18)10-12)19-14-6-8-15(22-2)9-7-14/h3-10H,1-2H3. The van der Waals surface area contributed by atoms with Crippen LogP contribution in [0.15, 0.2) is 62.3 Å². The Morgan fingerprint density at radius 3 is 2.58 bits per heavy atom. The van der Waals surface area contributed by atoms with Crippen LogP contribution in [0.25, 0.3) is 0 Å². The summed E-state index contributed by atoms with van der Waals surface area (Å²) < 4.78 is 7.08. The Morgan fingerprint density at radius 1 is 1.17 bits per heavy atom. The predicted octanol–water partition coefficient (Wildman–Crippen LogP) is 5.49.